The Balaban J connectivity index is 2.16. The van der Waals surface area contributed by atoms with Gasteiger partial charge in [0.05, 0.1) is 16.8 Å². The molecule has 0 spiro atoms. The SMILES string of the molecule is CCC(N)C(CO)Sc1nc2ccccc2s1. The summed E-state index contributed by atoms with van der Waals surface area (Å²) in [7, 11) is 0. The van der Waals surface area contributed by atoms with E-state index in [1.54, 1.807) is 23.1 Å². The fourth-order valence-corrected chi connectivity index (χ4v) is 3.94. The molecule has 2 unspecified atom stereocenters. The minimum Gasteiger partial charge on any atom is -0.395 e. The average molecular weight is 268 g/mol. The van der Waals surface area contributed by atoms with Crippen LogP contribution >= 0.6 is 23.1 Å². The van der Waals surface area contributed by atoms with E-state index in [2.05, 4.69) is 11.1 Å². The zero-order chi connectivity index (χ0) is 12.3. The molecule has 3 N–H and O–H groups in total. The lowest BCUT2D eigenvalue weighted by Crippen LogP contribution is -2.34. The number of nitrogens with two attached hydrogens (primary N) is 1. The van der Waals surface area contributed by atoms with Crippen LogP contribution in [0.1, 0.15) is 13.3 Å². The van der Waals surface area contributed by atoms with Gasteiger partial charge in [-0.25, -0.2) is 4.98 Å². The molecule has 5 heteroatoms. The minimum absolute atomic E-state index is 0.0111. The van der Waals surface area contributed by atoms with Gasteiger partial charge in [-0.2, -0.15) is 0 Å². The summed E-state index contributed by atoms with van der Waals surface area (Å²) in [4.78, 5) is 4.53. The molecule has 17 heavy (non-hydrogen) atoms. The Morgan fingerprint density at radius 1 is 1.47 bits per heavy atom. The smallest absolute Gasteiger partial charge is 0.151 e. The lowest BCUT2D eigenvalue weighted by Gasteiger charge is -2.18. The normalized spacial score (nSPS) is 15.0. The largest absolute Gasteiger partial charge is 0.395 e. The standard InChI is InChI=1S/C12H16N2OS2/c1-2-8(13)11(7-15)17-12-14-9-5-3-4-6-10(9)16-12/h3-6,8,11,15H,2,7,13H2,1H3. The van der Waals surface area contributed by atoms with Crippen LogP contribution in [-0.2, 0) is 0 Å². The van der Waals surface area contributed by atoms with E-state index in [0.29, 0.717) is 0 Å². The van der Waals surface area contributed by atoms with Gasteiger partial charge >= 0.3 is 0 Å². The summed E-state index contributed by atoms with van der Waals surface area (Å²) >= 11 is 3.23. The third kappa shape index (κ3) is 2.98. The number of nitrogens with zero attached hydrogens (tertiary/aromatic N) is 1. The summed E-state index contributed by atoms with van der Waals surface area (Å²) in [6.07, 6.45) is 0.864. The van der Waals surface area contributed by atoms with Gasteiger partial charge in [-0.1, -0.05) is 30.8 Å². The van der Waals surface area contributed by atoms with Crippen molar-refractivity contribution in [3.05, 3.63) is 24.3 Å². The Labute approximate surface area is 109 Å². The maximum absolute atomic E-state index is 9.34. The van der Waals surface area contributed by atoms with Gasteiger partial charge in [-0.05, 0) is 18.6 Å². The first-order valence-electron chi connectivity index (χ1n) is 5.63. The van der Waals surface area contributed by atoms with E-state index in [1.807, 2.05) is 25.1 Å². The van der Waals surface area contributed by atoms with E-state index >= 15 is 0 Å². The number of thioether (sulfide) groups is 1. The highest BCUT2D eigenvalue weighted by molar-refractivity contribution is 8.01. The molecule has 1 aromatic carbocycles. The van der Waals surface area contributed by atoms with Crippen molar-refractivity contribution in [2.24, 2.45) is 5.73 Å². The molecule has 3 nitrogen and oxygen atoms in total. The zero-order valence-corrected chi connectivity index (χ0v) is 11.3. The molecular weight excluding hydrogens is 252 g/mol. The third-order valence-corrected chi connectivity index (χ3v) is 5.12. The van der Waals surface area contributed by atoms with E-state index in [-0.39, 0.29) is 17.9 Å². The Hall–Kier alpha value is -0.620. The molecule has 0 amide bonds. The van der Waals surface area contributed by atoms with Gasteiger partial charge in [0.2, 0.25) is 0 Å². The molecule has 0 aliphatic carbocycles. The highest BCUT2D eigenvalue weighted by Gasteiger charge is 2.18. The van der Waals surface area contributed by atoms with E-state index in [0.717, 1.165) is 16.3 Å². The maximum atomic E-state index is 9.34. The highest BCUT2D eigenvalue weighted by Crippen LogP contribution is 2.32. The average Bonchev–Trinajstić information content (AvgIpc) is 2.77. The van der Waals surface area contributed by atoms with Crippen LogP contribution < -0.4 is 5.73 Å². The minimum atomic E-state index is 0.0111. The predicted molar refractivity (Wildman–Crippen MR) is 74.6 cm³/mol. The van der Waals surface area contributed by atoms with Gasteiger partial charge in [-0.3, -0.25) is 0 Å². The Morgan fingerprint density at radius 3 is 2.88 bits per heavy atom. The fourth-order valence-electron chi connectivity index (χ4n) is 1.55. The van der Waals surface area contributed by atoms with Crippen LogP contribution in [0.25, 0.3) is 10.2 Å². The molecule has 0 aliphatic rings. The van der Waals surface area contributed by atoms with Crippen LogP contribution in [0.15, 0.2) is 28.6 Å². The summed E-state index contributed by atoms with van der Waals surface area (Å²) < 4.78 is 2.16. The van der Waals surface area contributed by atoms with Crippen molar-refractivity contribution >= 4 is 33.3 Å². The van der Waals surface area contributed by atoms with Gasteiger partial charge in [0.15, 0.2) is 4.34 Å². The summed E-state index contributed by atoms with van der Waals surface area (Å²) in [6, 6.07) is 8.07. The monoisotopic (exact) mass is 268 g/mol. The van der Waals surface area contributed by atoms with Crippen molar-refractivity contribution in [3.8, 4) is 0 Å². The zero-order valence-electron chi connectivity index (χ0n) is 9.67. The van der Waals surface area contributed by atoms with Crippen molar-refractivity contribution in [1.29, 1.82) is 0 Å². The topological polar surface area (TPSA) is 59.1 Å². The van der Waals surface area contributed by atoms with Crippen molar-refractivity contribution < 1.29 is 5.11 Å². The highest BCUT2D eigenvalue weighted by atomic mass is 32.2. The van der Waals surface area contributed by atoms with E-state index < -0.39 is 0 Å². The molecule has 0 radical (unpaired) electrons. The summed E-state index contributed by atoms with van der Waals surface area (Å²) in [5.41, 5.74) is 6.98. The predicted octanol–water partition coefficient (Wildman–Crippen LogP) is 2.49. The molecule has 0 fully saturated rings. The van der Waals surface area contributed by atoms with Crippen LogP contribution in [-0.4, -0.2) is 28.0 Å². The summed E-state index contributed by atoms with van der Waals surface area (Å²) in [5, 5.41) is 9.37. The third-order valence-electron chi connectivity index (χ3n) is 2.66. The molecular formula is C12H16N2OS2. The molecule has 0 saturated heterocycles. The molecule has 0 aliphatic heterocycles. The number of rotatable bonds is 5. The Bertz CT molecular complexity index is 453. The molecule has 2 rings (SSSR count). The number of thiazole rings is 1. The first-order chi connectivity index (χ1) is 8.24. The Morgan fingerprint density at radius 2 is 2.24 bits per heavy atom. The number of para-hydroxylation sites is 1. The van der Waals surface area contributed by atoms with Crippen molar-refractivity contribution in [2.45, 2.75) is 29.0 Å². The van der Waals surface area contributed by atoms with E-state index in [4.69, 9.17) is 5.73 Å². The number of aromatic nitrogens is 1. The quantitative estimate of drug-likeness (QED) is 0.818. The number of hydrogen-bond donors (Lipinski definition) is 2. The van der Waals surface area contributed by atoms with Crippen LogP contribution in [0.5, 0.6) is 0 Å². The molecule has 0 saturated carbocycles. The lowest BCUT2D eigenvalue weighted by molar-refractivity contribution is 0.281. The molecule has 0 bridgehead atoms. The number of hydrogen-bond acceptors (Lipinski definition) is 5. The maximum Gasteiger partial charge on any atom is 0.151 e. The second-order valence-electron chi connectivity index (χ2n) is 3.86. The van der Waals surface area contributed by atoms with Crippen LogP contribution in [0, 0.1) is 0 Å². The Kier molecular flexibility index (Phi) is 4.39. The summed E-state index contributed by atoms with van der Waals surface area (Å²) in [5.74, 6) is 0. The van der Waals surface area contributed by atoms with Gasteiger partial charge in [0, 0.05) is 11.3 Å². The lowest BCUT2D eigenvalue weighted by atomic mass is 10.2. The van der Waals surface area contributed by atoms with Gasteiger partial charge in [0.25, 0.3) is 0 Å². The number of aliphatic hydroxyl groups excluding tert-OH is 1. The van der Waals surface area contributed by atoms with Gasteiger partial charge < -0.3 is 10.8 Å². The molecule has 2 atom stereocenters. The van der Waals surface area contributed by atoms with Gasteiger partial charge in [-0.15, -0.1) is 11.3 Å². The molecule has 92 valence electrons. The first kappa shape index (κ1) is 12.8. The number of aliphatic hydroxyl groups is 1. The van der Waals surface area contributed by atoms with Gasteiger partial charge in [0.1, 0.15) is 0 Å². The fraction of sp³-hybridized carbons (Fsp3) is 0.417. The van der Waals surface area contributed by atoms with Crippen LogP contribution in [0.2, 0.25) is 0 Å². The second-order valence-corrected chi connectivity index (χ2v) is 6.38. The van der Waals surface area contributed by atoms with E-state index in [9.17, 15) is 5.11 Å². The second kappa shape index (κ2) is 5.82. The van der Waals surface area contributed by atoms with Crippen molar-refractivity contribution in [2.75, 3.05) is 6.61 Å². The molecule has 1 heterocycles. The molecule has 2 aromatic rings. The first-order valence-corrected chi connectivity index (χ1v) is 7.33. The van der Waals surface area contributed by atoms with Crippen LogP contribution in [0.4, 0.5) is 0 Å². The number of fused-ring (bicyclic) bond motifs is 1. The van der Waals surface area contributed by atoms with Crippen LogP contribution in [0.3, 0.4) is 0 Å². The summed E-state index contributed by atoms with van der Waals surface area (Å²) in [6.45, 7) is 2.13. The van der Waals surface area contributed by atoms with Crippen molar-refractivity contribution in [1.82, 2.24) is 4.98 Å². The van der Waals surface area contributed by atoms with Crippen molar-refractivity contribution in [3.63, 3.8) is 0 Å². The molecule has 1 aromatic heterocycles. The number of benzene rings is 1. The van der Waals surface area contributed by atoms with E-state index in [1.165, 1.54) is 4.70 Å².